The Morgan fingerprint density at radius 2 is 1.64 bits per heavy atom. The number of aliphatic hydroxyl groups excluding tert-OH is 1. The first-order valence-electron chi connectivity index (χ1n) is 8.52. The number of rotatable bonds is 4. The maximum absolute atomic E-state index is 10.6. The van der Waals surface area contributed by atoms with Gasteiger partial charge >= 0.3 is 0 Å². The van der Waals surface area contributed by atoms with Gasteiger partial charge in [0.05, 0.1) is 6.10 Å². The zero-order valence-electron chi connectivity index (χ0n) is 14.5. The van der Waals surface area contributed by atoms with Gasteiger partial charge in [-0.15, -0.1) is 0 Å². The van der Waals surface area contributed by atoms with Gasteiger partial charge < -0.3 is 15.7 Å². The lowest BCUT2D eigenvalue weighted by molar-refractivity contribution is 0.0492. The second-order valence-electron chi connectivity index (χ2n) is 8.07. The summed E-state index contributed by atoms with van der Waals surface area (Å²) in [6.45, 7) is 12.2. The molecule has 124 valence electrons. The molecule has 0 spiro atoms. The van der Waals surface area contributed by atoms with Crippen molar-refractivity contribution in [3.05, 3.63) is 35.4 Å². The Hall–Kier alpha value is -0.900. The molecule has 1 aliphatic heterocycles. The van der Waals surface area contributed by atoms with E-state index in [4.69, 9.17) is 5.73 Å². The molecule has 2 rings (SSSR count). The highest BCUT2D eigenvalue weighted by Gasteiger charge is 2.27. The molecule has 3 heteroatoms. The van der Waals surface area contributed by atoms with Gasteiger partial charge in [0.2, 0.25) is 0 Å². The molecule has 0 saturated carbocycles. The number of piperidine rings is 1. The molecule has 1 fully saturated rings. The molecular formula is C19H32N2O. The van der Waals surface area contributed by atoms with Crippen molar-refractivity contribution >= 4 is 0 Å². The number of benzene rings is 1. The van der Waals surface area contributed by atoms with Crippen LogP contribution in [0.25, 0.3) is 0 Å². The van der Waals surface area contributed by atoms with E-state index in [2.05, 4.69) is 25.7 Å². The summed E-state index contributed by atoms with van der Waals surface area (Å²) in [5, 5.41) is 10.6. The number of aliphatic hydroxyl groups is 1. The number of nitrogens with zero attached hydrogens (tertiary/aromatic N) is 1. The van der Waals surface area contributed by atoms with Gasteiger partial charge in [-0.25, -0.2) is 0 Å². The van der Waals surface area contributed by atoms with E-state index in [0.717, 1.165) is 43.6 Å². The Bertz CT molecular complexity index is 453. The Kier molecular flexibility index (Phi) is 5.65. The fraction of sp³-hybridized carbons (Fsp3) is 0.684. The molecule has 1 aromatic rings. The molecule has 2 atom stereocenters. The summed E-state index contributed by atoms with van der Waals surface area (Å²) in [6.07, 6.45) is 1.80. The van der Waals surface area contributed by atoms with Crippen LogP contribution in [0.5, 0.6) is 0 Å². The van der Waals surface area contributed by atoms with Gasteiger partial charge in [0.1, 0.15) is 0 Å². The fourth-order valence-corrected chi connectivity index (χ4v) is 3.37. The molecule has 0 aliphatic carbocycles. The fourth-order valence-electron chi connectivity index (χ4n) is 3.37. The number of nitrogens with two attached hydrogens (primary N) is 1. The van der Waals surface area contributed by atoms with E-state index in [1.807, 2.05) is 31.2 Å². The smallest absolute Gasteiger partial charge is 0.0819 e. The van der Waals surface area contributed by atoms with Crippen LogP contribution in [-0.4, -0.2) is 29.6 Å². The molecule has 0 bridgehead atoms. The first kappa shape index (κ1) is 17.5. The molecule has 3 N–H and O–H groups in total. The predicted molar refractivity (Wildman–Crippen MR) is 92.6 cm³/mol. The van der Waals surface area contributed by atoms with E-state index in [9.17, 15) is 5.11 Å². The molecule has 0 amide bonds. The molecule has 1 aliphatic rings. The van der Waals surface area contributed by atoms with Gasteiger partial charge in [-0.3, -0.25) is 0 Å². The Labute approximate surface area is 135 Å². The molecule has 1 unspecified atom stereocenters. The number of hydrogen-bond donors (Lipinski definition) is 2. The molecule has 1 heterocycles. The van der Waals surface area contributed by atoms with Gasteiger partial charge in [0, 0.05) is 12.6 Å². The Balaban J connectivity index is 1.90. The summed E-state index contributed by atoms with van der Waals surface area (Å²) in [6, 6.07) is 8.19. The number of hydrogen-bond acceptors (Lipinski definition) is 3. The van der Waals surface area contributed by atoms with E-state index in [0.29, 0.717) is 11.3 Å². The van der Waals surface area contributed by atoms with Crippen molar-refractivity contribution in [3.63, 3.8) is 0 Å². The van der Waals surface area contributed by atoms with E-state index in [1.165, 1.54) is 0 Å². The molecule has 22 heavy (non-hydrogen) atoms. The van der Waals surface area contributed by atoms with Crippen LogP contribution in [0.2, 0.25) is 0 Å². The molecule has 1 saturated heterocycles. The van der Waals surface area contributed by atoms with Crippen molar-refractivity contribution in [2.24, 2.45) is 17.1 Å². The van der Waals surface area contributed by atoms with Crippen LogP contribution in [0, 0.1) is 11.3 Å². The second-order valence-corrected chi connectivity index (χ2v) is 8.07. The Morgan fingerprint density at radius 1 is 1.14 bits per heavy atom. The highest BCUT2D eigenvalue weighted by atomic mass is 16.3. The lowest BCUT2D eigenvalue weighted by Crippen LogP contribution is -2.40. The minimum Gasteiger partial charge on any atom is -0.388 e. The lowest BCUT2D eigenvalue weighted by atomic mass is 9.86. The minimum absolute atomic E-state index is 0.0480. The summed E-state index contributed by atoms with van der Waals surface area (Å²) < 4.78 is 0. The van der Waals surface area contributed by atoms with Crippen LogP contribution in [0.15, 0.2) is 24.3 Å². The lowest BCUT2D eigenvalue weighted by Gasteiger charge is -2.37. The zero-order valence-corrected chi connectivity index (χ0v) is 14.5. The normalized spacial score (nSPS) is 20.8. The third kappa shape index (κ3) is 4.80. The SMILES string of the molecule is C[C@H](N)c1ccc(C(O)C2CCN(CC(C)(C)C)CC2)cc1. The largest absolute Gasteiger partial charge is 0.388 e. The summed E-state index contributed by atoms with van der Waals surface area (Å²) in [5.74, 6) is 0.373. The van der Waals surface area contributed by atoms with E-state index < -0.39 is 0 Å². The first-order valence-corrected chi connectivity index (χ1v) is 8.52. The number of likely N-dealkylation sites (tertiary alicyclic amines) is 1. The van der Waals surface area contributed by atoms with Crippen molar-refractivity contribution in [2.45, 2.75) is 52.7 Å². The molecular weight excluding hydrogens is 272 g/mol. The van der Waals surface area contributed by atoms with Crippen molar-refractivity contribution in [1.29, 1.82) is 0 Å². The van der Waals surface area contributed by atoms with Crippen molar-refractivity contribution < 1.29 is 5.11 Å². The minimum atomic E-state index is -0.348. The van der Waals surface area contributed by atoms with Crippen LogP contribution in [0.3, 0.4) is 0 Å². The van der Waals surface area contributed by atoms with Crippen LogP contribution in [0.4, 0.5) is 0 Å². The van der Waals surface area contributed by atoms with Crippen molar-refractivity contribution in [2.75, 3.05) is 19.6 Å². The van der Waals surface area contributed by atoms with Gasteiger partial charge in [-0.2, -0.15) is 0 Å². The van der Waals surface area contributed by atoms with E-state index in [1.54, 1.807) is 0 Å². The predicted octanol–water partition coefficient (Wildman–Crippen LogP) is 3.50. The van der Waals surface area contributed by atoms with E-state index in [-0.39, 0.29) is 12.1 Å². The van der Waals surface area contributed by atoms with Crippen LogP contribution >= 0.6 is 0 Å². The highest BCUT2D eigenvalue weighted by Crippen LogP contribution is 2.32. The maximum atomic E-state index is 10.6. The maximum Gasteiger partial charge on any atom is 0.0819 e. The van der Waals surface area contributed by atoms with Gasteiger partial charge in [0.15, 0.2) is 0 Å². The highest BCUT2D eigenvalue weighted by molar-refractivity contribution is 5.26. The third-order valence-corrected chi connectivity index (χ3v) is 4.58. The van der Waals surface area contributed by atoms with Crippen LogP contribution < -0.4 is 5.73 Å². The first-order chi connectivity index (χ1) is 10.3. The zero-order chi connectivity index (χ0) is 16.3. The van der Waals surface area contributed by atoms with Crippen molar-refractivity contribution in [3.8, 4) is 0 Å². The van der Waals surface area contributed by atoms with Crippen LogP contribution in [0.1, 0.15) is 63.8 Å². The second kappa shape index (κ2) is 7.12. The topological polar surface area (TPSA) is 49.5 Å². The molecule has 1 aromatic carbocycles. The summed E-state index contributed by atoms with van der Waals surface area (Å²) in [7, 11) is 0. The van der Waals surface area contributed by atoms with Crippen molar-refractivity contribution in [1.82, 2.24) is 4.90 Å². The summed E-state index contributed by atoms with van der Waals surface area (Å²) >= 11 is 0. The van der Waals surface area contributed by atoms with Gasteiger partial charge in [0.25, 0.3) is 0 Å². The van der Waals surface area contributed by atoms with E-state index >= 15 is 0 Å². The molecule has 3 nitrogen and oxygen atoms in total. The third-order valence-electron chi connectivity index (χ3n) is 4.58. The van der Waals surface area contributed by atoms with Crippen LogP contribution in [-0.2, 0) is 0 Å². The van der Waals surface area contributed by atoms with Gasteiger partial charge in [-0.05, 0) is 55.3 Å². The summed E-state index contributed by atoms with van der Waals surface area (Å²) in [4.78, 5) is 2.53. The average Bonchev–Trinajstić information content (AvgIpc) is 2.46. The van der Waals surface area contributed by atoms with Gasteiger partial charge in [-0.1, -0.05) is 45.0 Å². The Morgan fingerprint density at radius 3 is 2.09 bits per heavy atom. The average molecular weight is 304 g/mol. The molecule has 0 radical (unpaired) electrons. The quantitative estimate of drug-likeness (QED) is 0.895. The summed E-state index contributed by atoms with van der Waals surface area (Å²) in [5.41, 5.74) is 8.38. The monoisotopic (exact) mass is 304 g/mol. The molecule has 0 aromatic heterocycles. The standard InChI is InChI=1S/C19H32N2O/c1-14(20)15-5-7-16(8-6-15)18(22)17-9-11-21(12-10-17)13-19(2,3)4/h5-8,14,17-18,22H,9-13,20H2,1-4H3/t14-,18?/m0/s1.